The van der Waals surface area contributed by atoms with Gasteiger partial charge in [-0.05, 0) is 36.4 Å². The van der Waals surface area contributed by atoms with E-state index in [4.69, 9.17) is 10.00 Å². The van der Waals surface area contributed by atoms with Gasteiger partial charge in [-0.25, -0.2) is 4.98 Å². The van der Waals surface area contributed by atoms with Crippen LogP contribution >= 0.6 is 0 Å². The summed E-state index contributed by atoms with van der Waals surface area (Å²) in [4.78, 5) is 6.92. The first kappa shape index (κ1) is 12.0. The van der Waals surface area contributed by atoms with E-state index < -0.39 is 0 Å². The van der Waals surface area contributed by atoms with E-state index in [9.17, 15) is 0 Å². The minimum absolute atomic E-state index is 0.390. The fourth-order valence-corrected chi connectivity index (χ4v) is 1.91. The number of para-hydroxylation sites is 1. The Bertz CT molecular complexity index is 739. The van der Waals surface area contributed by atoms with Crippen LogP contribution in [0.15, 0.2) is 60.9 Å². The second-order valence-electron chi connectivity index (χ2n) is 4.18. The van der Waals surface area contributed by atoms with Crippen molar-refractivity contribution in [2.24, 2.45) is 0 Å². The number of ether oxygens (including phenoxy) is 1. The molecule has 0 saturated heterocycles. The first-order valence-electron chi connectivity index (χ1n) is 6.13. The standard InChI is InChI=1S/C16H11N3O/c17-10-15-16(19-11-18-15)12-6-8-14(9-7-12)20-13-4-2-1-3-5-13/h1-9,11H,(H,18,19). The Morgan fingerprint density at radius 3 is 2.35 bits per heavy atom. The highest BCUT2D eigenvalue weighted by atomic mass is 16.5. The molecule has 20 heavy (non-hydrogen) atoms. The molecule has 4 heteroatoms. The quantitative estimate of drug-likeness (QED) is 0.781. The van der Waals surface area contributed by atoms with Crippen molar-refractivity contribution in [3.63, 3.8) is 0 Å². The molecule has 0 aliphatic heterocycles. The number of rotatable bonds is 3. The zero-order chi connectivity index (χ0) is 13.8. The average molecular weight is 261 g/mol. The van der Waals surface area contributed by atoms with Gasteiger partial charge in [-0.1, -0.05) is 18.2 Å². The van der Waals surface area contributed by atoms with E-state index in [2.05, 4.69) is 16.0 Å². The van der Waals surface area contributed by atoms with Gasteiger partial charge in [0.2, 0.25) is 0 Å². The Balaban J connectivity index is 1.84. The largest absolute Gasteiger partial charge is 0.457 e. The van der Waals surface area contributed by atoms with Crippen molar-refractivity contribution in [3.05, 3.63) is 66.6 Å². The molecule has 1 heterocycles. The third kappa shape index (κ3) is 2.38. The van der Waals surface area contributed by atoms with Crippen LogP contribution in [0, 0.1) is 11.3 Å². The number of benzene rings is 2. The van der Waals surface area contributed by atoms with Gasteiger partial charge in [-0.15, -0.1) is 0 Å². The summed E-state index contributed by atoms with van der Waals surface area (Å²) in [5.74, 6) is 1.54. The summed E-state index contributed by atoms with van der Waals surface area (Å²) in [5.41, 5.74) is 2.01. The molecule has 0 radical (unpaired) electrons. The van der Waals surface area contributed by atoms with E-state index in [1.54, 1.807) is 0 Å². The van der Waals surface area contributed by atoms with Gasteiger partial charge in [0.15, 0.2) is 5.69 Å². The minimum atomic E-state index is 0.390. The van der Waals surface area contributed by atoms with E-state index in [0.717, 1.165) is 22.8 Å². The highest BCUT2D eigenvalue weighted by Crippen LogP contribution is 2.25. The van der Waals surface area contributed by atoms with Gasteiger partial charge in [0.25, 0.3) is 0 Å². The van der Waals surface area contributed by atoms with Crippen molar-refractivity contribution in [1.29, 1.82) is 5.26 Å². The molecule has 0 amide bonds. The Kier molecular flexibility index (Phi) is 3.17. The molecule has 0 aliphatic rings. The summed E-state index contributed by atoms with van der Waals surface area (Å²) >= 11 is 0. The van der Waals surface area contributed by atoms with Gasteiger partial charge >= 0.3 is 0 Å². The predicted molar refractivity (Wildman–Crippen MR) is 75.3 cm³/mol. The van der Waals surface area contributed by atoms with Crippen LogP contribution in [0.3, 0.4) is 0 Å². The number of nitriles is 1. The Labute approximate surface area is 116 Å². The highest BCUT2D eigenvalue weighted by molar-refractivity contribution is 5.65. The second-order valence-corrected chi connectivity index (χ2v) is 4.18. The van der Waals surface area contributed by atoms with Crippen LogP contribution in [0.5, 0.6) is 11.5 Å². The highest BCUT2D eigenvalue weighted by Gasteiger charge is 2.07. The SMILES string of the molecule is N#Cc1nc[nH]c1-c1ccc(Oc2ccccc2)cc1. The summed E-state index contributed by atoms with van der Waals surface area (Å²) < 4.78 is 5.72. The number of aromatic nitrogens is 2. The zero-order valence-electron chi connectivity index (χ0n) is 10.6. The van der Waals surface area contributed by atoms with Crippen molar-refractivity contribution in [2.75, 3.05) is 0 Å². The van der Waals surface area contributed by atoms with E-state index in [1.165, 1.54) is 6.33 Å². The van der Waals surface area contributed by atoms with E-state index in [0.29, 0.717) is 5.69 Å². The number of hydrogen-bond acceptors (Lipinski definition) is 3. The molecule has 1 aromatic heterocycles. The Hall–Kier alpha value is -3.06. The first-order valence-corrected chi connectivity index (χ1v) is 6.13. The van der Waals surface area contributed by atoms with Crippen LogP contribution in [-0.4, -0.2) is 9.97 Å². The maximum atomic E-state index is 8.96. The van der Waals surface area contributed by atoms with Crippen LogP contribution in [0.2, 0.25) is 0 Å². The summed E-state index contributed by atoms with van der Waals surface area (Å²) in [6.45, 7) is 0. The van der Waals surface area contributed by atoms with Gasteiger partial charge in [0.1, 0.15) is 17.6 Å². The van der Waals surface area contributed by atoms with E-state index >= 15 is 0 Å². The lowest BCUT2D eigenvalue weighted by atomic mass is 10.1. The summed E-state index contributed by atoms with van der Waals surface area (Å²) in [7, 11) is 0. The van der Waals surface area contributed by atoms with Crippen molar-refractivity contribution >= 4 is 0 Å². The average Bonchev–Trinajstić information content (AvgIpc) is 2.98. The van der Waals surface area contributed by atoms with Gasteiger partial charge < -0.3 is 9.72 Å². The predicted octanol–water partition coefficient (Wildman–Crippen LogP) is 3.74. The van der Waals surface area contributed by atoms with Crippen LogP contribution in [0.1, 0.15) is 5.69 Å². The molecule has 0 saturated carbocycles. The molecule has 0 unspecified atom stereocenters. The summed E-state index contributed by atoms with van der Waals surface area (Å²) in [6.07, 6.45) is 1.52. The third-order valence-corrected chi connectivity index (χ3v) is 2.87. The molecule has 4 nitrogen and oxygen atoms in total. The van der Waals surface area contributed by atoms with Gasteiger partial charge in [0.05, 0.1) is 12.0 Å². The molecule has 0 fully saturated rings. The zero-order valence-corrected chi connectivity index (χ0v) is 10.6. The smallest absolute Gasteiger partial charge is 0.166 e. The fourth-order valence-electron chi connectivity index (χ4n) is 1.91. The molecule has 0 atom stereocenters. The van der Waals surface area contributed by atoms with Crippen LogP contribution in [0.25, 0.3) is 11.3 Å². The molecule has 0 aliphatic carbocycles. The number of aromatic amines is 1. The van der Waals surface area contributed by atoms with Crippen LogP contribution in [0.4, 0.5) is 0 Å². The number of nitrogens with one attached hydrogen (secondary N) is 1. The third-order valence-electron chi connectivity index (χ3n) is 2.87. The van der Waals surface area contributed by atoms with Gasteiger partial charge in [0, 0.05) is 5.56 Å². The van der Waals surface area contributed by atoms with Crippen molar-refractivity contribution in [2.45, 2.75) is 0 Å². The monoisotopic (exact) mass is 261 g/mol. The number of imidazole rings is 1. The minimum Gasteiger partial charge on any atom is -0.457 e. The molecule has 1 N–H and O–H groups in total. The summed E-state index contributed by atoms with van der Waals surface area (Å²) in [6, 6.07) is 19.2. The molecule has 2 aromatic carbocycles. The van der Waals surface area contributed by atoms with E-state index in [-0.39, 0.29) is 0 Å². The molecule has 3 aromatic rings. The van der Waals surface area contributed by atoms with Crippen molar-refractivity contribution in [1.82, 2.24) is 9.97 Å². The second kappa shape index (κ2) is 5.29. The number of hydrogen-bond donors (Lipinski definition) is 1. The number of nitrogens with zero attached hydrogens (tertiary/aromatic N) is 2. The van der Waals surface area contributed by atoms with Crippen molar-refractivity contribution < 1.29 is 4.74 Å². The lowest BCUT2D eigenvalue weighted by Gasteiger charge is -2.06. The molecule has 96 valence electrons. The Morgan fingerprint density at radius 1 is 0.950 bits per heavy atom. The molecular weight excluding hydrogens is 250 g/mol. The molecule has 0 bridgehead atoms. The van der Waals surface area contributed by atoms with E-state index in [1.807, 2.05) is 54.6 Å². The normalized spacial score (nSPS) is 9.95. The lowest BCUT2D eigenvalue weighted by molar-refractivity contribution is 0.483. The van der Waals surface area contributed by atoms with Crippen LogP contribution < -0.4 is 4.74 Å². The van der Waals surface area contributed by atoms with Crippen LogP contribution in [-0.2, 0) is 0 Å². The van der Waals surface area contributed by atoms with Gasteiger partial charge in [-0.3, -0.25) is 0 Å². The maximum absolute atomic E-state index is 8.96. The maximum Gasteiger partial charge on any atom is 0.166 e. The van der Waals surface area contributed by atoms with Crippen molar-refractivity contribution in [3.8, 4) is 28.8 Å². The molecule has 0 spiro atoms. The first-order chi connectivity index (χ1) is 9.86. The lowest BCUT2D eigenvalue weighted by Crippen LogP contribution is -1.85. The molecule has 3 rings (SSSR count). The topological polar surface area (TPSA) is 61.7 Å². The number of H-pyrrole nitrogens is 1. The Morgan fingerprint density at radius 2 is 1.65 bits per heavy atom. The van der Waals surface area contributed by atoms with Gasteiger partial charge in [-0.2, -0.15) is 5.26 Å². The molecular formula is C16H11N3O. The fraction of sp³-hybridized carbons (Fsp3) is 0. The summed E-state index contributed by atoms with van der Waals surface area (Å²) in [5, 5.41) is 8.96.